The number of benzene rings is 1. The van der Waals surface area contributed by atoms with Gasteiger partial charge in [0.15, 0.2) is 0 Å². The molecule has 0 heterocycles. The highest BCUT2D eigenvalue weighted by Crippen LogP contribution is 2.34. The number of likely N-dealkylation sites (N-methyl/N-ethyl adjacent to an activating group) is 1. The number of methoxy groups -OCH3 is 1. The average Bonchev–Trinajstić information content (AvgIpc) is 2.37. The molecule has 1 aliphatic rings. The topological polar surface area (TPSA) is 32.7 Å². The van der Waals surface area contributed by atoms with Crippen LogP contribution in [0, 0.1) is 0 Å². The van der Waals surface area contributed by atoms with Gasteiger partial charge in [0, 0.05) is 12.1 Å². The average molecular weight is 249 g/mol. The van der Waals surface area contributed by atoms with E-state index in [1.807, 2.05) is 18.2 Å². The fourth-order valence-electron chi connectivity index (χ4n) is 2.69. The first-order chi connectivity index (χ1) is 8.54. The molecule has 0 radical (unpaired) electrons. The lowest BCUT2D eigenvalue weighted by atomic mass is 9.84. The number of hydrogen-bond donors (Lipinski definition) is 1. The van der Waals surface area contributed by atoms with Crippen LogP contribution in [0.25, 0.3) is 0 Å². The molecule has 0 saturated heterocycles. The quantitative estimate of drug-likeness (QED) is 0.892. The Bertz CT molecular complexity index is 417. The van der Waals surface area contributed by atoms with E-state index in [-0.39, 0.29) is 6.04 Å². The number of hydrogen-bond acceptors (Lipinski definition) is 3. The van der Waals surface area contributed by atoms with Gasteiger partial charge in [0.05, 0.1) is 13.2 Å². The third-order valence-electron chi connectivity index (χ3n) is 4.08. The molecule has 2 atom stereocenters. The minimum Gasteiger partial charge on any atom is -0.497 e. The summed E-state index contributed by atoms with van der Waals surface area (Å²) in [7, 11) is 3.77. The first-order valence-corrected chi connectivity index (χ1v) is 6.61. The standard InChI is InChI=1S/C15H23NO2/c1-10(2)16(3)14-8-5-11-9-12(18-4)6-7-13(11)15(14)17/h6-7,9-10,14-15,17H,5,8H2,1-4H3. The van der Waals surface area contributed by atoms with Gasteiger partial charge in [-0.15, -0.1) is 0 Å². The Kier molecular flexibility index (Phi) is 3.93. The summed E-state index contributed by atoms with van der Waals surface area (Å²) in [5, 5.41) is 10.5. The molecule has 2 rings (SSSR count). The minimum atomic E-state index is -0.396. The van der Waals surface area contributed by atoms with Crippen LogP contribution in [0.15, 0.2) is 18.2 Å². The van der Waals surface area contributed by atoms with E-state index in [0.717, 1.165) is 24.2 Å². The number of nitrogens with zero attached hydrogens (tertiary/aromatic N) is 1. The Morgan fingerprint density at radius 1 is 1.39 bits per heavy atom. The summed E-state index contributed by atoms with van der Waals surface area (Å²) >= 11 is 0. The monoisotopic (exact) mass is 249 g/mol. The lowest BCUT2D eigenvalue weighted by Gasteiger charge is -2.38. The third kappa shape index (κ3) is 2.38. The Hall–Kier alpha value is -1.06. The first-order valence-electron chi connectivity index (χ1n) is 6.61. The number of fused-ring (bicyclic) bond motifs is 1. The molecule has 1 aromatic rings. The molecule has 18 heavy (non-hydrogen) atoms. The maximum Gasteiger partial charge on any atom is 0.119 e. The van der Waals surface area contributed by atoms with Crippen molar-refractivity contribution in [2.45, 2.75) is 44.9 Å². The van der Waals surface area contributed by atoms with Gasteiger partial charge in [-0.3, -0.25) is 4.90 Å². The highest BCUT2D eigenvalue weighted by Gasteiger charge is 2.31. The zero-order valence-electron chi connectivity index (χ0n) is 11.7. The zero-order chi connectivity index (χ0) is 13.3. The predicted molar refractivity (Wildman–Crippen MR) is 73.0 cm³/mol. The van der Waals surface area contributed by atoms with Crippen molar-refractivity contribution in [3.63, 3.8) is 0 Å². The molecule has 1 aromatic carbocycles. The zero-order valence-corrected chi connectivity index (χ0v) is 11.7. The second kappa shape index (κ2) is 5.29. The molecule has 1 N–H and O–H groups in total. The summed E-state index contributed by atoms with van der Waals surface area (Å²) in [4.78, 5) is 2.26. The van der Waals surface area contributed by atoms with Crippen molar-refractivity contribution in [3.8, 4) is 5.75 Å². The van der Waals surface area contributed by atoms with Crippen LogP contribution in [0.2, 0.25) is 0 Å². The second-order valence-corrected chi connectivity index (χ2v) is 5.37. The van der Waals surface area contributed by atoms with Gasteiger partial charge < -0.3 is 9.84 Å². The number of aliphatic hydroxyl groups is 1. The van der Waals surface area contributed by atoms with E-state index in [0.29, 0.717) is 6.04 Å². The number of aryl methyl sites for hydroxylation is 1. The summed E-state index contributed by atoms with van der Waals surface area (Å²) in [6, 6.07) is 6.64. The normalized spacial score (nSPS) is 23.3. The van der Waals surface area contributed by atoms with E-state index < -0.39 is 6.10 Å². The van der Waals surface area contributed by atoms with Gasteiger partial charge in [-0.1, -0.05) is 6.07 Å². The van der Waals surface area contributed by atoms with Gasteiger partial charge in [-0.05, 0) is 57.0 Å². The van der Waals surface area contributed by atoms with Gasteiger partial charge in [0.1, 0.15) is 5.75 Å². The SMILES string of the molecule is COc1ccc2c(c1)CCC(N(C)C(C)C)C2O. The number of aliphatic hydroxyl groups excluding tert-OH is 1. The molecule has 1 aliphatic carbocycles. The van der Waals surface area contributed by atoms with E-state index in [9.17, 15) is 5.11 Å². The Balaban J connectivity index is 2.25. The summed E-state index contributed by atoms with van der Waals surface area (Å²) in [6.07, 6.45) is 1.61. The lowest BCUT2D eigenvalue weighted by Crippen LogP contribution is -2.43. The molecule has 3 heteroatoms. The van der Waals surface area contributed by atoms with E-state index in [2.05, 4.69) is 25.8 Å². The molecular formula is C15H23NO2. The summed E-state index contributed by atoms with van der Waals surface area (Å²) in [6.45, 7) is 4.33. The fourth-order valence-corrected chi connectivity index (χ4v) is 2.69. The van der Waals surface area contributed by atoms with Crippen LogP contribution < -0.4 is 4.74 Å². The number of ether oxygens (including phenoxy) is 1. The fraction of sp³-hybridized carbons (Fsp3) is 0.600. The van der Waals surface area contributed by atoms with Crippen LogP contribution in [0.4, 0.5) is 0 Å². The van der Waals surface area contributed by atoms with Gasteiger partial charge in [0.25, 0.3) is 0 Å². The van der Waals surface area contributed by atoms with Crippen LogP contribution in [0.3, 0.4) is 0 Å². The van der Waals surface area contributed by atoms with Crippen molar-refractivity contribution in [2.75, 3.05) is 14.2 Å². The number of rotatable bonds is 3. The molecule has 100 valence electrons. The van der Waals surface area contributed by atoms with Crippen LogP contribution in [0.1, 0.15) is 37.5 Å². The van der Waals surface area contributed by atoms with Gasteiger partial charge in [-0.2, -0.15) is 0 Å². The molecule has 3 nitrogen and oxygen atoms in total. The van der Waals surface area contributed by atoms with Crippen molar-refractivity contribution < 1.29 is 9.84 Å². The van der Waals surface area contributed by atoms with Crippen molar-refractivity contribution in [1.29, 1.82) is 0 Å². The van der Waals surface area contributed by atoms with Gasteiger partial charge >= 0.3 is 0 Å². The van der Waals surface area contributed by atoms with Gasteiger partial charge in [0.2, 0.25) is 0 Å². The lowest BCUT2D eigenvalue weighted by molar-refractivity contribution is 0.0351. The Labute approximate surface area is 109 Å². The Morgan fingerprint density at radius 3 is 2.72 bits per heavy atom. The molecule has 0 aromatic heterocycles. The predicted octanol–water partition coefficient (Wildman–Crippen LogP) is 2.38. The molecule has 0 amide bonds. The first kappa shape index (κ1) is 13.4. The molecule has 2 unspecified atom stereocenters. The van der Waals surface area contributed by atoms with Crippen LogP contribution in [0.5, 0.6) is 5.75 Å². The van der Waals surface area contributed by atoms with Crippen molar-refractivity contribution in [2.24, 2.45) is 0 Å². The summed E-state index contributed by atoms with van der Waals surface area (Å²) in [5.41, 5.74) is 2.27. The van der Waals surface area contributed by atoms with Crippen molar-refractivity contribution >= 4 is 0 Å². The molecule has 0 aliphatic heterocycles. The van der Waals surface area contributed by atoms with Crippen molar-refractivity contribution in [3.05, 3.63) is 29.3 Å². The molecule has 0 fully saturated rings. The maximum atomic E-state index is 10.5. The largest absolute Gasteiger partial charge is 0.497 e. The minimum absolute atomic E-state index is 0.214. The van der Waals surface area contributed by atoms with E-state index >= 15 is 0 Å². The smallest absolute Gasteiger partial charge is 0.119 e. The maximum absolute atomic E-state index is 10.5. The summed E-state index contributed by atoms with van der Waals surface area (Å²) < 4.78 is 5.24. The molecule has 0 saturated carbocycles. The summed E-state index contributed by atoms with van der Waals surface area (Å²) in [5.74, 6) is 0.872. The van der Waals surface area contributed by atoms with E-state index in [4.69, 9.17) is 4.74 Å². The second-order valence-electron chi connectivity index (χ2n) is 5.37. The van der Waals surface area contributed by atoms with Crippen molar-refractivity contribution in [1.82, 2.24) is 4.90 Å². The van der Waals surface area contributed by atoms with Crippen LogP contribution in [-0.2, 0) is 6.42 Å². The van der Waals surface area contributed by atoms with Crippen LogP contribution in [-0.4, -0.2) is 36.2 Å². The molecule has 0 spiro atoms. The molecule has 0 bridgehead atoms. The van der Waals surface area contributed by atoms with Gasteiger partial charge in [-0.25, -0.2) is 0 Å². The van der Waals surface area contributed by atoms with E-state index in [1.54, 1.807) is 7.11 Å². The Morgan fingerprint density at radius 2 is 2.11 bits per heavy atom. The van der Waals surface area contributed by atoms with Crippen LogP contribution >= 0.6 is 0 Å². The van der Waals surface area contributed by atoms with E-state index in [1.165, 1.54) is 5.56 Å². The highest BCUT2D eigenvalue weighted by atomic mass is 16.5. The third-order valence-corrected chi connectivity index (χ3v) is 4.08. The highest BCUT2D eigenvalue weighted by molar-refractivity contribution is 5.39. The molecular weight excluding hydrogens is 226 g/mol.